The van der Waals surface area contributed by atoms with Crippen LogP contribution in [0.3, 0.4) is 0 Å². The van der Waals surface area contributed by atoms with Gasteiger partial charge in [0.05, 0.1) is 11.9 Å². The molecule has 2 heterocycles. The first kappa shape index (κ1) is 15.7. The van der Waals surface area contributed by atoms with Crippen LogP contribution in [0.25, 0.3) is 0 Å². The second-order valence-corrected chi connectivity index (χ2v) is 5.85. The van der Waals surface area contributed by atoms with Gasteiger partial charge in [0, 0.05) is 19.0 Å². The van der Waals surface area contributed by atoms with Crippen LogP contribution in [-0.2, 0) is 0 Å². The first-order valence-corrected chi connectivity index (χ1v) is 7.76. The van der Waals surface area contributed by atoms with Crippen LogP contribution in [0.2, 0.25) is 0 Å². The maximum Gasteiger partial charge on any atom is 0.274 e. The summed E-state index contributed by atoms with van der Waals surface area (Å²) in [6, 6.07) is 0. The Bertz CT molecular complexity index is 481. The average molecular weight is 291 g/mol. The van der Waals surface area contributed by atoms with Crippen molar-refractivity contribution in [3.8, 4) is 0 Å². The Balaban J connectivity index is 2.25. The summed E-state index contributed by atoms with van der Waals surface area (Å²) >= 11 is 0. The van der Waals surface area contributed by atoms with Crippen LogP contribution in [0.5, 0.6) is 0 Å². The highest BCUT2D eigenvalue weighted by Crippen LogP contribution is 2.19. The number of nitrogens with zero attached hydrogens (tertiary/aromatic N) is 3. The number of likely N-dealkylation sites (tertiary alicyclic amines) is 1. The smallest absolute Gasteiger partial charge is 0.274 e. The van der Waals surface area contributed by atoms with Crippen LogP contribution in [0.15, 0.2) is 6.20 Å². The SMILES string of the molecule is CC(C)c1ncc(NN)c(C(=O)N2CCCCCCC2)n1. The average Bonchev–Trinajstić information content (AvgIpc) is 2.45. The molecule has 6 nitrogen and oxygen atoms in total. The molecule has 0 radical (unpaired) electrons. The van der Waals surface area contributed by atoms with Gasteiger partial charge in [-0.05, 0) is 12.8 Å². The number of hydrogen-bond acceptors (Lipinski definition) is 5. The molecule has 1 fully saturated rings. The van der Waals surface area contributed by atoms with Gasteiger partial charge in [-0.3, -0.25) is 10.6 Å². The fourth-order valence-electron chi connectivity index (χ4n) is 2.54. The van der Waals surface area contributed by atoms with E-state index in [2.05, 4.69) is 15.4 Å². The number of aromatic nitrogens is 2. The minimum absolute atomic E-state index is 0.0471. The van der Waals surface area contributed by atoms with Crippen molar-refractivity contribution in [1.29, 1.82) is 0 Å². The number of rotatable bonds is 3. The quantitative estimate of drug-likeness (QED) is 0.659. The van der Waals surface area contributed by atoms with Crippen LogP contribution in [0.4, 0.5) is 5.69 Å². The van der Waals surface area contributed by atoms with Gasteiger partial charge in [0.2, 0.25) is 0 Å². The zero-order valence-corrected chi connectivity index (χ0v) is 12.9. The van der Waals surface area contributed by atoms with Crippen molar-refractivity contribution in [3.63, 3.8) is 0 Å². The molecule has 1 aromatic heterocycles. The number of hydrazine groups is 1. The number of amides is 1. The number of carbonyl (C=O) groups excluding carboxylic acids is 1. The summed E-state index contributed by atoms with van der Waals surface area (Å²) in [5.74, 6) is 6.30. The molecule has 0 saturated carbocycles. The molecule has 0 aromatic carbocycles. The summed E-state index contributed by atoms with van der Waals surface area (Å²) < 4.78 is 0. The van der Waals surface area contributed by atoms with Crippen molar-refractivity contribution in [3.05, 3.63) is 17.7 Å². The predicted octanol–water partition coefficient (Wildman–Crippen LogP) is 2.29. The summed E-state index contributed by atoms with van der Waals surface area (Å²) in [5, 5.41) is 0. The van der Waals surface area contributed by atoms with Crippen LogP contribution in [0, 0.1) is 0 Å². The van der Waals surface area contributed by atoms with E-state index in [0.29, 0.717) is 17.2 Å². The topological polar surface area (TPSA) is 84.1 Å². The molecule has 1 aliphatic heterocycles. The van der Waals surface area contributed by atoms with Gasteiger partial charge in [0.1, 0.15) is 5.82 Å². The van der Waals surface area contributed by atoms with Crippen LogP contribution < -0.4 is 11.3 Å². The van der Waals surface area contributed by atoms with E-state index in [1.54, 1.807) is 6.20 Å². The van der Waals surface area contributed by atoms with E-state index in [4.69, 9.17) is 5.84 Å². The highest BCUT2D eigenvalue weighted by Gasteiger charge is 2.22. The Morgan fingerprint density at radius 3 is 2.43 bits per heavy atom. The molecule has 1 aliphatic rings. The van der Waals surface area contributed by atoms with Crippen molar-refractivity contribution in [2.45, 2.75) is 51.9 Å². The first-order chi connectivity index (χ1) is 10.1. The van der Waals surface area contributed by atoms with Gasteiger partial charge in [0.25, 0.3) is 5.91 Å². The van der Waals surface area contributed by atoms with E-state index in [1.807, 2.05) is 18.7 Å². The Morgan fingerprint density at radius 2 is 1.86 bits per heavy atom. The van der Waals surface area contributed by atoms with E-state index in [9.17, 15) is 4.79 Å². The summed E-state index contributed by atoms with van der Waals surface area (Å²) in [4.78, 5) is 23.3. The number of hydrogen-bond donors (Lipinski definition) is 2. The maximum atomic E-state index is 12.8. The van der Waals surface area contributed by atoms with Crippen molar-refractivity contribution in [2.24, 2.45) is 5.84 Å². The third-order valence-electron chi connectivity index (χ3n) is 3.83. The second-order valence-electron chi connectivity index (χ2n) is 5.85. The summed E-state index contributed by atoms with van der Waals surface area (Å²) in [6.07, 6.45) is 7.35. The molecule has 21 heavy (non-hydrogen) atoms. The van der Waals surface area contributed by atoms with Crippen molar-refractivity contribution >= 4 is 11.6 Å². The Kier molecular flexibility index (Phi) is 5.50. The molecule has 0 bridgehead atoms. The largest absolute Gasteiger partial charge is 0.337 e. The van der Waals surface area contributed by atoms with Crippen molar-refractivity contribution < 1.29 is 4.79 Å². The van der Waals surface area contributed by atoms with E-state index < -0.39 is 0 Å². The predicted molar refractivity (Wildman–Crippen MR) is 82.9 cm³/mol. The molecule has 0 atom stereocenters. The van der Waals surface area contributed by atoms with Gasteiger partial charge in [-0.2, -0.15) is 0 Å². The standard InChI is InChI=1S/C15H25N5O/c1-11(2)14-17-10-12(19-16)13(18-14)15(21)20-8-6-4-3-5-7-9-20/h10-11,19H,3-9,16H2,1-2H3. The second kappa shape index (κ2) is 7.36. The minimum atomic E-state index is -0.0471. The molecule has 2 rings (SSSR count). The molecule has 1 saturated heterocycles. The van der Waals surface area contributed by atoms with Crippen LogP contribution in [-0.4, -0.2) is 33.9 Å². The molecular weight excluding hydrogens is 266 g/mol. The minimum Gasteiger partial charge on any atom is -0.337 e. The van der Waals surface area contributed by atoms with Gasteiger partial charge in [0.15, 0.2) is 5.69 Å². The van der Waals surface area contributed by atoms with Gasteiger partial charge in [-0.1, -0.05) is 33.1 Å². The fraction of sp³-hybridized carbons (Fsp3) is 0.667. The lowest BCUT2D eigenvalue weighted by molar-refractivity contribution is 0.0737. The first-order valence-electron chi connectivity index (χ1n) is 7.76. The van der Waals surface area contributed by atoms with E-state index in [-0.39, 0.29) is 11.8 Å². The van der Waals surface area contributed by atoms with Gasteiger partial charge in [-0.25, -0.2) is 9.97 Å². The maximum absolute atomic E-state index is 12.8. The summed E-state index contributed by atoms with van der Waals surface area (Å²) in [5.41, 5.74) is 3.42. The van der Waals surface area contributed by atoms with Gasteiger partial charge < -0.3 is 10.3 Å². The third-order valence-corrected chi connectivity index (χ3v) is 3.83. The normalized spacial score (nSPS) is 16.5. The van der Waals surface area contributed by atoms with Gasteiger partial charge in [-0.15, -0.1) is 0 Å². The van der Waals surface area contributed by atoms with E-state index in [1.165, 1.54) is 19.3 Å². The molecule has 116 valence electrons. The van der Waals surface area contributed by atoms with Crippen molar-refractivity contribution in [2.75, 3.05) is 18.5 Å². The van der Waals surface area contributed by atoms with E-state index in [0.717, 1.165) is 25.9 Å². The molecular formula is C15H25N5O. The lowest BCUT2D eigenvalue weighted by Crippen LogP contribution is -2.35. The Labute approximate surface area is 126 Å². The Hall–Kier alpha value is -1.69. The number of carbonyl (C=O) groups is 1. The lowest BCUT2D eigenvalue weighted by atomic mass is 10.1. The lowest BCUT2D eigenvalue weighted by Gasteiger charge is -2.25. The van der Waals surface area contributed by atoms with Crippen LogP contribution >= 0.6 is 0 Å². The molecule has 0 aliphatic carbocycles. The van der Waals surface area contributed by atoms with E-state index >= 15 is 0 Å². The summed E-state index contributed by atoms with van der Waals surface area (Å²) in [6.45, 7) is 5.61. The number of nitrogen functional groups attached to an aromatic ring is 1. The van der Waals surface area contributed by atoms with Gasteiger partial charge >= 0.3 is 0 Å². The fourth-order valence-corrected chi connectivity index (χ4v) is 2.54. The monoisotopic (exact) mass is 291 g/mol. The van der Waals surface area contributed by atoms with Crippen molar-refractivity contribution in [1.82, 2.24) is 14.9 Å². The molecule has 3 N–H and O–H groups in total. The number of anilines is 1. The summed E-state index contributed by atoms with van der Waals surface area (Å²) in [7, 11) is 0. The highest BCUT2D eigenvalue weighted by molar-refractivity contribution is 5.97. The number of nitrogens with one attached hydrogen (secondary N) is 1. The zero-order chi connectivity index (χ0) is 15.2. The molecule has 1 amide bonds. The molecule has 0 spiro atoms. The molecule has 1 aromatic rings. The molecule has 6 heteroatoms. The highest BCUT2D eigenvalue weighted by atomic mass is 16.2. The zero-order valence-electron chi connectivity index (χ0n) is 12.9. The molecule has 0 unspecified atom stereocenters. The van der Waals surface area contributed by atoms with Crippen LogP contribution in [0.1, 0.15) is 68.2 Å². The number of nitrogens with two attached hydrogens (primary N) is 1. The third kappa shape index (κ3) is 3.91. The Morgan fingerprint density at radius 1 is 1.24 bits per heavy atom.